The molecule has 3 heterocycles. The molecule has 4 aromatic rings. The Hall–Kier alpha value is -2.97. The molecule has 1 saturated heterocycles. The van der Waals surface area contributed by atoms with Gasteiger partial charge < -0.3 is 18.8 Å². The Bertz CT molecular complexity index is 1250. The zero-order chi connectivity index (χ0) is 21.6. The minimum atomic E-state index is -0.144. The van der Waals surface area contributed by atoms with Crippen molar-refractivity contribution >= 4 is 20.6 Å². The number of hydrogen-bond donors (Lipinski definition) is 1. The zero-order valence-corrected chi connectivity index (χ0v) is 18.8. The summed E-state index contributed by atoms with van der Waals surface area (Å²) in [5.74, 6) is 2.74. The second-order valence-corrected chi connectivity index (χ2v) is 9.88. The van der Waals surface area contributed by atoms with Crippen molar-refractivity contribution in [2.45, 2.75) is 31.0 Å². The van der Waals surface area contributed by atoms with Gasteiger partial charge >= 0.3 is 0 Å². The van der Waals surface area contributed by atoms with E-state index >= 15 is 0 Å². The highest BCUT2D eigenvalue weighted by molar-refractivity contribution is 6.42. The minimum Gasteiger partial charge on any atom is -0.493 e. The van der Waals surface area contributed by atoms with Crippen molar-refractivity contribution in [3.8, 4) is 17.2 Å². The van der Waals surface area contributed by atoms with Crippen LogP contribution in [0, 0.1) is 5.92 Å². The molecule has 2 aromatic carbocycles. The molecule has 1 aliphatic rings. The van der Waals surface area contributed by atoms with E-state index in [-0.39, 0.29) is 11.6 Å². The van der Waals surface area contributed by atoms with E-state index in [9.17, 15) is 5.11 Å². The van der Waals surface area contributed by atoms with Gasteiger partial charge in [-0.2, -0.15) is 0 Å². The van der Waals surface area contributed by atoms with Gasteiger partial charge in [0.05, 0.1) is 23.2 Å². The standard InChI is InChI=1S/C23H24N4O3Si/c1-14-10-23(31-12-14,22-26-24-13-27(22)2)17-6-4-5-16(9-17)21-25-18-7-15(11-28)8-19(29-3)20(18)30-21/h4-9,13-14,28H,10-12H2,1-3H3/t14-,23+/m0/s1. The first kappa shape index (κ1) is 20.0. The molecule has 2 aromatic heterocycles. The van der Waals surface area contributed by atoms with Crippen LogP contribution >= 0.6 is 0 Å². The highest BCUT2D eigenvalue weighted by Crippen LogP contribution is 2.44. The SMILES string of the molecule is COc1cc(CO)cc2nc(-c3cccc([C@@]4(c5nncn5C)C[C@H](C)C[Si]4)c3)oc12. The largest absolute Gasteiger partial charge is 0.493 e. The average molecular weight is 433 g/mol. The fourth-order valence-electron chi connectivity index (χ4n) is 4.55. The number of aromatic nitrogens is 4. The lowest BCUT2D eigenvalue weighted by Crippen LogP contribution is -2.33. The van der Waals surface area contributed by atoms with Crippen molar-refractivity contribution in [2.24, 2.45) is 13.0 Å². The molecule has 0 aliphatic carbocycles. The second kappa shape index (κ2) is 7.62. The number of benzene rings is 2. The Morgan fingerprint density at radius 2 is 2.19 bits per heavy atom. The maximum absolute atomic E-state index is 9.54. The molecule has 158 valence electrons. The summed E-state index contributed by atoms with van der Waals surface area (Å²) in [6.07, 6.45) is 2.82. The molecule has 8 heteroatoms. The van der Waals surface area contributed by atoms with Crippen molar-refractivity contribution in [2.75, 3.05) is 7.11 Å². The Labute approximate surface area is 182 Å². The lowest BCUT2D eigenvalue weighted by molar-refractivity contribution is 0.281. The fraction of sp³-hybridized carbons (Fsp3) is 0.348. The molecule has 31 heavy (non-hydrogen) atoms. The highest BCUT2D eigenvalue weighted by atomic mass is 28.2. The van der Waals surface area contributed by atoms with Gasteiger partial charge in [-0.05, 0) is 47.7 Å². The van der Waals surface area contributed by atoms with E-state index in [1.807, 2.05) is 23.7 Å². The van der Waals surface area contributed by atoms with Crippen LogP contribution in [0.25, 0.3) is 22.6 Å². The van der Waals surface area contributed by atoms with Gasteiger partial charge in [0.1, 0.15) is 17.7 Å². The first-order valence-electron chi connectivity index (χ1n) is 10.3. The average Bonchev–Trinajstić information content (AvgIpc) is 3.51. The number of methoxy groups -OCH3 is 1. The quantitative estimate of drug-likeness (QED) is 0.486. The Kier molecular flexibility index (Phi) is 4.90. The Morgan fingerprint density at radius 3 is 2.87 bits per heavy atom. The van der Waals surface area contributed by atoms with Gasteiger partial charge in [-0.15, -0.1) is 10.2 Å². The molecule has 2 atom stereocenters. The number of ether oxygens (including phenoxy) is 1. The van der Waals surface area contributed by atoms with Crippen LogP contribution in [-0.2, 0) is 18.7 Å². The summed E-state index contributed by atoms with van der Waals surface area (Å²) < 4.78 is 13.6. The molecule has 0 unspecified atom stereocenters. The number of aliphatic hydroxyl groups excluding tert-OH is 1. The number of oxazole rings is 1. The normalized spacial score (nSPS) is 21.1. The predicted octanol–water partition coefficient (Wildman–Crippen LogP) is 3.53. The van der Waals surface area contributed by atoms with E-state index in [1.165, 1.54) is 11.6 Å². The molecular formula is C23H24N4O3Si. The molecule has 1 aliphatic heterocycles. The van der Waals surface area contributed by atoms with Crippen LogP contribution < -0.4 is 4.74 Å². The van der Waals surface area contributed by atoms with E-state index in [0.29, 0.717) is 28.7 Å². The van der Waals surface area contributed by atoms with Crippen molar-refractivity contribution in [1.82, 2.24) is 19.7 Å². The maximum Gasteiger partial charge on any atom is 0.227 e. The smallest absolute Gasteiger partial charge is 0.227 e. The summed E-state index contributed by atoms with van der Waals surface area (Å²) in [5.41, 5.74) is 4.12. The van der Waals surface area contributed by atoms with Gasteiger partial charge in [0.15, 0.2) is 11.3 Å². The van der Waals surface area contributed by atoms with Crippen molar-refractivity contribution in [1.29, 1.82) is 0 Å². The second-order valence-electron chi connectivity index (χ2n) is 8.27. The molecule has 0 saturated carbocycles. The molecular weight excluding hydrogens is 408 g/mol. The Balaban J connectivity index is 1.63. The molecule has 0 spiro atoms. The van der Waals surface area contributed by atoms with E-state index < -0.39 is 0 Å². The number of aryl methyl sites for hydroxylation is 1. The molecule has 0 bridgehead atoms. The lowest BCUT2D eigenvalue weighted by atomic mass is 9.88. The monoisotopic (exact) mass is 432 g/mol. The topological polar surface area (TPSA) is 86.2 Å². The van der Waals surface area contributed by atoms with E-state index in [1.54, 1.807) is 19.5 Å². The molecule has 1 fully saturated rings. The molecule has 1 N–H and O–H groups in total. The third-order valence-electron chi connectivity index (χ3n) is 6.02. The number of hydrogen-bond acceptors (Lipinski definition) is 6. The highest BCUT2D eigenvalue weighted by Gasteiger charge is 2.44. The third-order valence-corrected chi connectivity index (χ3v) is 8.24. The van der Waals surface area contributed by atoms with Crippen LogP contribution in [0.2, 0.25) is 6.04 Å². The fourth-order valence-corrected chi connectivity index (χ4v) is 6.62. The van der Waals surface area contributed by atoms with Crippen molar-refractivity contribution in [3.63, 3.8) is 0 Å². The third kappa shape index (κ3) is 3.26. The summed E-state index contributed by atoms with van der Waals surface area (Å²) in [6.45, 7) is 2.23. The van der Waals surface area contributed by atoms with Gasteiger partial charge in [0, 0.05) is 17.6 Å². The Morgan fingerprint density at radius 1 is 1.32 bits per heavy atom. The summed E-state index contributed by atoms with van der Waals surface area (Å²) >= 11 is 0. The van der Waals surface area contributed by atoms with Crippen LogP contribution in [0.4, 0.5) is 0 Å². The van der Waals surface area contributed by atoms with Gasteiger partial charge in [0.25, 0.3) is 0 Å². The van der Waals surface area contributed by atoms with Gasteiger partial charge in [-0.1, -0.05) is 25.1 Å². The minimum absolute atomic E-state index is 0.0801. The van der Waals surface area contributed by atoms with Gasteiger partial charge in [-0.25, -0.2) is 4.98 Å². The molecule has 2 radical (unpaired) electrons. The zero-order valence-electron chi connectivity index (χ0n) is 17.8. The van der Waals surface area contributed by atoms with Crippen LogP contribution in [-0.4, -0.2) is 41.5 Å². The molecule has 5 rings (SSSR count). The van der Waals surface area contributed by atoms with Crippen molar-refractivity contribution in [3.05, 3.63) is 59.7 Å². The summed E-state index contributed by atoms with van der Waals surface area (Å²) in [7, 11) is 4.34. The summed E-state index contributed by atoms with van der Waals surface area (Å²) in [6, 6.07) is 13.2. The van der Waals surface area contributed by atoms with Gasteiger partial charge in [-0.3, -0.25) is 0 Å². The maximum atomic E-state index is 9.54. The van der Waals surface area contributed by atoms with Crippen LogP contribution in [0.5, 0.6) is 5.75 Å². The summed E-state index contributed by atoms with van der Waals surface area (Å²) in [5, 5.41) is 18.0. The van der Waals surface area contributed by atoms with Crippen LogP contribution in [0.1, 0.15) is 30.3 Å². The van der Waals surface area contributed by atoms with E-state index in [0.717, 1.165) is 32.9 Å². The number of nitrogens with zero attached hydrogens (tertiary/aromatic N) is 4. The van der Waals surface area contributed by atoms with Gasteiger partial charge in [0.2, 0.25) is 5.89 Å². The van der Waals surface area contributed by atoms with Crippen LogP contribution in [0.3, 0.4) is 0 Å². The van der Waals surface area contributed by atoms with Crippen molar-refractivity contribution < 1.29 is 14.3 Å². The van der Waals surface area contributed by atoms with E-state index in [4.69, 9.17) is 14.1 Å². The lowest BCUT2D eigenvalue weighted by Gasteiger charge is -2.29. The first-order chi connectivity index (χ1) is 15.0. The number of aliphatic hydroxyl groups is 1. The predicted molar refractivity (Wildman–Crippen MR) is 118 cm³/mol. The van der Waals surface area contributed by atoms with Crippen LogP contribution in [0.15, 0.2) is 47.1 Å². The molecule has 7 nitrogen and oxygen atoms in total. The number of fused-ring (bicyclic) bond motifs is 1. The molecule has 0 amide bonds. The number of rotatable bonds is 5. The van der Waals surface area contributed by atoms with E-state index in [2.05, 4.69) is 35.3 Å². The summed E-state index contributed by atoms with van der Waals surface area (Å²) in [4.78, 5) is 4.70. The first-order valence-corrected chi connectivity index (χ1v) is 11.5.